The summed E-state index contributed by atoms with van der Waals surface area (Å²) >= 11 is 7.06. The van der Waals surface area contributed by atoms with E-state index in [1.54, 1.807) is 5.38 Å². The number of unbranched alkanes of at least 4 members (excludes halogenated alkanes) is 1. The van der Waals surface area contributed by atoms with Gasteiger partial charge in [-0.2, -0.15) is 0 Å². The van der Waals surface area contributed by atoms with Crippen molar-refractivity contribution in [1.82, 2.24) is 10.3 Å². The standard InChI is InChI=1S/C19H24ClF3N4O2S2/c20-14-10-17(31(28,29)27-18-25-8-9-30-18)15(21)11-16(14)26-12-19(22,23)6-2-1-4-13-5-3-7-24-13/h8-11,13,24,26H,1-7,12H2,(H,25,27)/t13-/m0/s1. The summed E-state index contributed by atoms with van der Waals surface area (Å²) in [6.45, 7) is 0.264. The number of halogens is 4. The molecular weight excluding hydrogens is 473 g/mol. The van der Waals surface area contributed by atoms with E-state index in [4.69, 9.17) is 11.6 Å². The van der Waals surface area contributed by atoms with Crippen molar-refractivity contribution in [3.63, 3.8) is 0 Å². The largest absolute Gasteiger partial charge is 0.378 e. The van der Waals surface area contributed by atoms with E-state index in [9.17, 15) is 21.6 Å². The zero-order valence-electron chi connectivity index (χ0n) is 16.6. The van der Waals surface area contributed by atoms with Gasteiger partial charge in [-0.3, -0.25) is 4.72 Å². The fourth-order valence-corrected chi connectivity index (χ4v) is 5.57. The Balaban J connectivity index is 1.55. The van der Waals surface area contributed by atoms with E-state index in [0.717, 1.165) is 49.3 Å². The van der Waals surface area contributed by atoms with Crippen LogP contribution in [0.2, 0.25) is 5.02 Å². The number of hydrogen-bond acceptors (Lipinski definition) is 6. The Bertz CT molecular complexity index is 969. The molecule has 6 nitrogen and oxygen atoms in total. The fourth-order valence-electron chi connectivity index (χ4n) is 3.40. The molecule has 0 saturated carbocycles. The number of sulfonamides is 1. The van der Waals surface area contributed by atoms with Crippen molar-refractivity contribution in [3.8, 4) is 0 Å². The smallest absolute Gasteiger partial charge is 0.266 e. The number of anilines is 2. The van der Waals surface area contributed by atoms with Crippen LogP contribution in [0.4, 0.5) is 24.0 Å². The number of alkyl halides is 2. The lowest BCUT2D eigenvalue weighted by Crippen LogP contribution is -2.27. The van der Waals surface area contributed by atoms with Crippen LogP contribution in [-0.4, -0.2) is 38.5 Å². The molecule has 172 valence electrons. The van der Waals surface area contributed by atoms with Crippen LogP contribution in [0.1, 0.15) is 38.5 Å². The molecular formula is C19H24ClF3N4O2S2. The van der Waals surface area contributed by atoms with Gasteiger partial charge in [0.15, 0.2) is 5.13 Å². The molecule has 1 aliphatic heterocycles. The molecule has 3 rings (SSSR count). The van der Waals surface area contributed by atoms with Crippen molar-refractivity contribution >= 4 is 43.8 Å². The van der Waals surface area contributed by atoms with E-state index in [2.05, 4.69) is 20.3 Å². The van der Waals surface area contributed by atoms with Gasteiger partial charge in [-0.15, -0.1) is 11.3 Å². The van der Waals surface area contributed by atoms with E-state index >= 15 is 0 Å². The highest BCUT2D eigenvalue weighted by atomic mass is 35.5. The molecule has 0 bridgehead atoms. The highest BCUT2D eigenvalue weighted by Crippen LogP contribution is 2.31. The first-order chi connectivity index (χ1) is 14.7. The lowest BCUT2D eigenvalue weighted by Gasteiger charge is -2.19. The predicted octanol–water partition coefficient (Wildman–Crippen LogP) is 5.10. The maximum Gasteiger partial charge on any atom is 0.266 e. The molecule has 12 heteroatoms. The van der Waals surface area contributed by atoms with Gasteiger partial charge < -0.3 is 10.6 Å². The van der Waals surface area contributed by atoms with Gasteiger partial charge in [0.05, 0.1) is 17.3 Å². The summed E-state index contributed by atoms with van der Waals surface area (Å²) in [5, 5.41) is 7.23. The first kappa shape index (κ1) is 24.1. The van der Waals surface area contributed by atoms with E-state index in [1.165, 1.54) is 6.20 Å². The fraction of sp³-hybridized carbons (Fsp3) is 0.526. The maximum atomic E-state index is 14.4. The van der Waals surface area contributed by atoms with Gasteiger partial charge in [0.25, 0.3) is 15.9 Å². The quantitative estimate of drug-likeness (QED) is 0.377. The van der Waals surface area contributed by atoms with Crippen LogP contribution >= 0.6 is 22.9 Å². The van der Waals surface area contributed by atoms with Crippen molar-refractivity contribution in [2.24, 2.45) is 0 Å². The van der Waals surface area contributed by atoms with Gasteiger partial charge in [-0.05, 0) is 44.4 Å². The maximum absolute atomic E-state index is 14.4. The van der Waals surface area contributed by atoms with Crippen LogP contribution < -0.4 is 15.4 Å². The van der Waals surface area contributed by atoms with Gasteiger partial charge in [-0.1, -0.05) is 18.0 Å². The van der Waals surface area contributed by atoms with Crippen LogP contribution in [0.5, 0.6) is 0 Å². The van der Waals surface area contributed by atoms with Gasteiger partial charge >= 0.3 is 0 Å². The van der Waals surface area contributed by atoms with Crippen molar-refractivity contribution in [3.05, 3.63) is 34.5 Å². The summed E-state index contributed by atoms with van der Waals surface area (Å²) < 4.78 is 69.7. The summed E-state index contributed by atoms with van der Waals surface area (Å²) in [5.74, 6) is -4.11. The molecule has 1 saturated heterocycles. The molecule has 2 aromatic rings. The van der Waals surface area contributed by atoms with Crippen molar-refractivity contribution in [2.45, 2.75) is 55.4 Å². The van der Waals surface area contributed by atoms with Crippen LogP contribution in [0, 0.1) is 5.82 Å². The van der Waals surface area contributed by atoms with Gasteiger partial charge in [0, 0.05) is 24.0 Å². The lowest BCUT2D eigenvalue weighted by atomic mass is 10.0. The molecule has 2 heterocycles. The minimum Gasteiger partial charge on any atom is -0.378 e. The van der Waals surface area contributed by atoms with E-state index in [-0.39, 0.29) is 22.3 Å². The molecule has 1 fully saturated rings. The number of rotatable bonds is 11. The summed E-state index contributed by atoms with van der Waals surface area (Å²) in [4.78, 5) is 3.09. The third-order valence-electron chi connectivity index (χ3n) is 5.01. The van der Waals surface area contributed by atoms with Crippen LogP contribution in [0.3, 0.4) is 0 Å². The average molecular weight is 497 g/mol. The Labute approximate surface area is 188 Å². The molecule has 0 aliphatic carbocycles. The van der Waals surface area contributed by atoms with Crippen LogP contribution in [-0.2, 0) is 10.0 Å². The Morgan fingerprint density at radius 2 is 2.13 bits per heavy atom. The minimum atomic E-state index is -4.26. The first-order valence-corrected chi connectivity index (χ1v) is 12.7. The molecule has 0 amide bonds. The molecule has 0 unspecified atom stereocenters. The number of aromatic nitrogens is 1. The zero-order chi connectivity index (χ0) is 22.5. The Kier molecular flexibility index (Phi) is 8.06. The SMILES string of the molecule is O=S(=O)(Nc1nccs1)c1cc(Cl)c(NCC(F)(F)CCCC[C@H]2CCCN2)cc1F. The molecule has 3 N–H and O–H groups in total. The number of nitrogens with zero attached hydrogens (tertiary/aromatic N) is 1. The molecule has 31 heavy (non-hydrogen) atoms. The topological polar surface area (TPSA) is 83.1 Å². The zero-order valence-corrected chi connectivity index (χ0v) is 19.0. The van der Waals surface area contributed by atoms with E-state index in [1.807, 2.05) is 0 Å². The number of hydrogen-bond donors (Lipinski definition) is 3. The predicted molar refractivity (Wildman–Crippen MR) is 117 cm³/mol. The summed E-state index contributed by atoms with van der Waals surface area (Å²) in [6, 6.07) is 2.12. The first-order valence-electron chi connectivity index (χ1n) is 9.93. The Morgan fingerprint density at radius 1 is 1.32 bits per heavy atom. The summed E-state index contributed by atoms with van der Waals surface area (Å²) in [7, 11) is -4.26. The number of benzene rings is 1. The molecule has 1 aromatic carbocycles. The second-order valence-electron chi connectivity index (χ2n) is 7.45. The molecule has 1 aliphatic rings. The third-order valence-corrected chi connectivity index (χ3v) is 7.49. The number of nitrogens with one attached hydrogen (secondary N) is 3. The van der Waals surface area contributed by atoms with E-state index < -0.39 is 33.2 Å². The normalized spacial score (nSPS) is 17.1. The highest BCUT2D eigenvalue weighted by Gasteiger charge is 2.29. The third kappa shape index (κ3) is 6.96. The van der Waals surface area contributed by atoms with Crippen LogP contribution in [0.25, 0.3) is 0 Å². The monoisotopic (exact) mass is 496 g/mol. The molecule has 0 radical (unpaired) electrons. The lowest BCUT2D eigenvalue weighted by molar-refractivity contribution is 0.00388. The van der Waals surface area contributed by atoms with Crippen molar-refractivity contribution in [2.75, 3.05) is 23.1 Å². The summed E-state index contributed by atoms with van der Waals surface area (Å²) in [6.07, 6.45) is 5.29. The Hall–Kier alpha value is -1.56. The van der Waals surface area contributed by atoms with Gasteiger partial charge in [0.2, 0.25) is 0 Å². The van der Waals surface area contributed by atoms with Crippen LogP contribution in [0.15, 0.2) is 28.6 Å². The molecule has 1 aromatic heterocycles. The molecule has 1 atom stereocenters. The van der Waals surface area contributed by atoms with Crippen molar-refractivity contribution < 1.29 is 21.6 Å². The van der Waals surface area contributed by atoms with Crippen molar-refractivity contribution in [1.29, 1.82) is 0 Å². The summed E-state index contributed by atoms with van der Waals surface area (Å²) in [5.41, 5.74) is -0.0952. The van der Waals surface area contributed by atoms with Gasteiger partial charge in [-0.25, -0.2) is 26.6 Å². The second-order valence-corrected chi connectivity index (χ2v) is 10.4. The van der Waals surface area contributed by atoms with Gasteiger partial charge in [0.1, 0.15) is 10.7 Å². The number of thiazole rings is 1. The Morgan fingerprint density at radius 3 is 2.81 bits per heavy atom. The average Bonchev–Trinajstić information content (AvgIpc) is 3.39. The second kappa shape index (κ2) is 10.4. The minimum absolute atomic E-state index is 0.0704. The molecule has 0 spiro atoms. The van der Waals surface area contributed by atoms with E-state index in [0.29, 0.717) is 18.9 Å². The highest BCUT2D eigenvalue weighted by molar-refractivity contribution is 7.93.